The Morgan fingerprint density at radius 3 is 2.64 bits per heavy atom. The summed E-state index contributed by atoms with van der Waals surface area (Å²) in [5.74, 6) is 0.236. The number of carbonyl (C=O) groups excluding carboxylic acids is 1. The molecule has 0 radical (unpaired) electrons. The van der Waals surface area contributed by atoms with Crippen molar-refractivity contribution in [2.75, 3.05) is 0 Å². The summed E-state index contributed by atoms with van der Waals surface area (Å²) < 4.78 is 0. The molecule has 3 nitrogen and oxygen atoms in total. The number of aryl methyl sites for hydroxylation is 2. The first-order valence-corrected chi connectivity index (χ1v) is 4.91. The predicted molar refractivity (Wildman–Crippen MR) is 55.3 cm³/mol. The molecule has 0 amide bonds. The molecule has 0 N–H and O–H groups in total. The van der Waals surface area contributed by atoms with Crippen molar-refractivity contribution in [1.82, 2.24) is 10.2 Å². The van der Waals surface area contributed by atoms with E-state index in [1.165, 1.54) is 0 Å². The Morgan fingerprint density at radius 1 is 1.43 bits per heavy atom. The highest BCUT2D eigenvalue weighted by Gasteiger charge is 2.16. The standard InChI is InChI=1S/C11H16N2O/c1-5-7(2)11(14)10-6-8(3)12-13-9(10)4/h6-7H,5H2,1-4H3. The first-order valence-electron chi connectivity index (χ1n) is 4.91. The first kappa shape index (κ1) is 10.8. The Kier molecular flexibility index (Phi) is 3.33. The van der Waals surface area contributed by atoms with Crippen molar-refractivity contribution in [2.45, 2.75) is 34.1 Å². The van der Waals surface area contributed by atoms with Crippen LogP contribution in [0.1, 0.15) is 42.0 Å². The third-order valence-corrected chi connectivity index (χ3v) is 2.43. The smallest absolute Gasteiger partial charge is 0.167 e. The van der Waals surface area contributed by atoms with E-state index in [1.54, 1.807) is 0 Å². The van der Waals surface area contributed by atoms with E-state index in [9.17, 15) is 4.79 Å². The van der Waals surface area contributed by atoms with Crippen molar-refractivity contribution in [1.29, 1.82) is 0 Å². The van der Waals surface area contributed by atoms with Crippen molar-refractivity contribution < 1.29 is 4.79 Å². The number of Topliss-reactive ketones (excluding diaryl/α,β-unsaturated/α-hetero) is 1. The molecule has 14 heavy (non-hydrogen) atoms. The van der Waals surface area contributed by atoms with Gasteiger partial charge >= 0.3 is 0 Å². The molecule has 0 spiro atoms. The van der Waals surface area contributed by atoms with Gasteiger partial charge in [-0.05, 0) is 26.3 Å². The molecule has 0 aliphatic rings. The van der Waals surface area contributed by atoms with Gasteiger partial charge in [0.25, 0.3) is 0 Å². The zero-order valence-corrected chi connectivity index (χ0v) is 9.16. The third-order valence-electron chi connectivity index (χ3n) is 2.43. The van der Waals surface area contributed by atoms with Gasteiger partial charge in [-0.1, -0.05) is 13.8 Å². The predicted octanol–water partition coefficient (Wildman–Crippen LogP) is 2.32. The van der Waals surface area contributed by atoms with Gasteiger partial charge in [-0.25, -0.2) is 0 Å². The van der Waals surface area contributed by atoms with Gasteiger partial charge in [0, 0.05) is 11.5 Å². The van der Waals surface area contributed by atoms with Crippen LogP contribution < -0.4 is 0 Å². The molecule has 0 aliphatic carbocycles. The summed E-state index contributed by atoms with van der Waals surface area (Å²) in [6.45, 7) is 7.62. The summed E-state index contributed by atoms with van der Waals surface area (Å²) >= 11 is 0. The summed E-state index contributed by atoms with van der Waals surface area (Å²) in [6, 6.07) is 1.82. The van der Waals surface area contributed by atoms with E-state index in [4.69, 9.17) is 0 Å². The highest BCUT2D eigenvalue weighted by molar-refractivity contribution is 5.98. The van der Waals surface area contributed by atoms with Crippen molar-refractivity contribution in [2.24, 2.45) is 5.92 Å². The third kappa shape index (κ3) is 2.16. The SMILES string of the molecule is CCC(C)C(=O)c1cc(C)nnc1C. The molecule has 0 bridgehead atoms. The molecule has 0 aromatic carbocycles. The van der Waals surface area contributed by atoms with Gasteiger partial charge in [0.15, 0.2) is 5.78 Å². The van der Waals surface area contributed by atoms with Crippen LogP contribution in [-0.4, -0.2) is 16.0 Å². The van der Waals surface area contributed by atoms with Crippen LogP contribution in [0.15, 0.2) is 6.07 Å². The van der Waals surface area contributed by atoms with Crippen LogP contribution in [0, 0.1) is 19.8 Å². The van der Waals surface area contributed by atoms with Gasteiger partial charge in [0.2, 0.25) is 0 Å². The largest absolute Gasteiger partial charge is 0.294 e. The van der Waals surface area contributed by atoms with Crippen LogP contribution in [0.3, 0.4) is 0 Å². The fraction of sp³-hybridized carbons (Fsp3) is 0.545. The average molecular weight is 192 g/mol. The van der Waals surface area contributed by atoms with Gasteiger partial charge < -0.3 is 0 Å². The number of ketones is 1. The second-order valence-corrected chi connectivity index (χ2v) is 3.66. The van der Waals surface area contributed by atoms with E-state index in [0.29, 0.717) is 5.56 Å². The zero-order chi connectivity index (χ0) is 10.7. The molecule has 0 saturated carbocycles. The number of hydrogen-bond acceptors (Lipinski definition) is 3. The summed E-state index contributed by atoms with van der Waals surface area (Å²) in [5.41, 5.74) is 2.23. The lowest BCUT2D eigenvalue weighted by Gasteiger charge is -2.09. The lowest BCUT2D eigenvalue weighted by molar-refractivity contribution is 0.0926. The minimum absolute atomic E-state index is 0.0669. The molecule has 0 saturated heterocycles. The van der Waals surface area contributed by atoms with E-state index < -0.39 is 0 Å². The molecule has 0 fully saturated rings. The van der Waals surface area contributed by atoms with Crippen LogP contribution in [-0.2, 0) is 0 Å². The molecule has 1 heterocycles. The maximum absolute atomic E-state index is 11.9. The van der Waals surface area contributed by atoms with E-state index in [2.05, 4.69) is 10.2 Å². The maximum atomic E-state index is 11.9. The molecule has 1 aromatic heterocycles. The fourth-order valence-corrected chi connectivity index (χ4v) is 1.25. The van der Waals surface area contributed by atoms with Crippen LogP contribution in [0.4, 0.5) is 0 Å². The highest BCUT2D eigenvalue weighted by atomic mass is 16.1. The van der Waals surface area contributed by atoms with E-state index in [1.807, 2.05) is 33.8 Å². The van der Waals surface area contributed by atoms with Gasteiger partial charge in [-0.3, -0.25) is 4.79 Å². The van der Waals surface area contributed by atoms with Gasteiger partial charge in [0.05, 0.1) is 11.4 Å². The van der Waals surface area contributed by atoms with Crippen LogP contribution in [0.5, 0.6) is 0 Å². The molecule has 1 atom stereocenters. The summed E-state index contributed by atoms with van der Waals surface area (Å²) in [6.07, 6.45) is 0.861. The van der Waals surface area contributed by atoms with Crippen LogP contribution in [0.25, 0.3) is 0 Å². The topological polar surface area (TPSA) is 42.9 Å². The molecule has 1 aromatic rings. The van der Waals surface area contributed by atoms with Crippen molar-refractivity contribution in [3.05, 3.63) is 23.0 Å². The van der Waals surface area contributed by atoms with E-state index >= 15 is 0 Å². The molecule has 76 valence electrons. The Morgan fingerprint density at radius 2 is 2.07 bits per heavy atom. The van der Waals surface area contributed by atoms with Gasteiger partial charge in [-0.15, -0.1) is 0 Å². The van der Waals surface area contributed by atoms with Gasteiger partial charge in [0.1, 0.15) is 0 Å². The molecular formula is C11H16N2O. The Balaban J connectivity index is 3.06. The molecule has 0 aliphatic heterocycles. The second-order valence-electron chi connectivity index (χ2n) is 3.66. The molecular weight excluding hydrogens is 176 g/mol. The average Bonchev–Trinajstić information content (AvgIpc) is 2.19. The number of hydrogen-bond donors (Lipinski definition) is 0. The number of aromatic nitrogens is 2. The maximum Gasteiger partial charge on any atom is 0.167 e. The molecule has 1 rings (SSSR count). The molecule has 1 unspecified atom stereocenters. The summed E-state index contributed by atoms with van der Waals surface area (Å²) in [7, 11) is 0. The fourth-order valence-electron chi connectivity index (χ4n) is 1.25. The Bertz CT molecular complexity index is 347. The van der Waals surface area contributed by atoms with Crippen LogP contribution >= 0.6 is 0 Å². The number of carbonyl (C=O) groups is 1. The van der Waals surface area contributed by atoms with Crippen molar-refractivity contribution in [3.8, 4) is 0 Å². The lowest BCUT2D eigenvalue weighted by Crippen LogP contribution is -2.13. The zero-order valence-electron chi connectivity index (χ0n) is 9.16. The van der Waals surface area contributed by atoms with E-state index in [0.717, 1.165) is 17.8 Å². The first-order chi connectivity index (χ1) is 6.56. The lowest BCUT2D eigenvalue weighted by atomic mass is 9.96. The summed E-state index contributed by atoms with van der Waals surface area (Å²) in [5, 5.41) is 7.85. The Hall–Kier alpha value is -1.25. The Labute approximate surface area is 84.6 Å². The second kappa shape index (κ2) is 4.31. The highest BCUT2D eigenvalue weighted by Crippen LogP contribution is 2.14. The monoisotopic (exact) mass is 192 g/mol. The van der Waals surface area contributed by atoms with Crippen molar-refractivity contribution >= 4 is 5.78 Å². The summed E-state index contributed by atoms with van der Waals surface area (Å²) in [4.78, 5) is 11.9. The minimum atomic E-state index is 0.0669. The normalized spacial score (nSPS) is 12.6. The minimum Gasteiger partial charge on any atom is -0.294 e. The quantitative estimate of drug-likeness (QED) is 0.690. The number of rotatable bonds is 3. The van der Waals surface area contributed by atoms with E-state index in [-0.39, 0.29) is 11.7 Å². The molecule has 3 heteroatoms. The van der Waals surface area contributed by atoms with Crippen molar-refractivity contribution in [3.63, 3.8) is 0 Å². The number of nitrogens with zero attached hydrogens (tertiary/aromatic N) is 2. The van der Waals surface area contributed by atoms with Crippen LogP contribution in [0.2, 0.25) is 0 Å². The van der Waals surface area contributed by atoms with Gasteiger partial charge in [-0.2, -0.15) is 10.2 Å².